The molecule has 2 rings (SSSR count). The maximum atomic E-state index is 13.0. The second-order valence-corrected chi connectivity index (χ2v) is 7.95. The summed E-state index contributed by atoms with van der Waals surface area (Å²) in [4.78, 5) is 12.3. The molecular formula is C19H22FN3O5S. The van der Waals surface area contributed by atoms with Crippen molar-refractivity contribution in [3.05, 3.63) is 53.8 Å². The van der Waals surface area contributed by atoms with Crippen molar-refractivity contribution < 1.29 is 27.1 Å². The van der Waals surface area contributed by atoms with Crippen molar-refractivity contribution in [2.45, 2.75) is 6.92 Å². The number of benzene rings is 2. The van der Waals surface area contributed by atoms with E-state index in [2.05, 4.69) is 10.5 Å². The van der Waals surface area contributed by atoms with E-state index in [1.807, 2.05) is 0 Å². The van der Waals surface area contributed by atoms with Crippen molar-refractivity contribution in [3.63, 3.8) is 0 Å². The Labute approximate surface area is 169 Å². The Hall–Kier alpha value is -3.14. The molecule has 0 unspecified atom stereocenters. The number of carbonyl (C=O) groups excluding carboxylic acids is 1. The molecule has 29 heavy (non-hydrogen) atoms. The van der Waals surface area contributed by atoms with Gasteiger partial charge in [-0.2, -0.15) is 5.10 Å². The topological polar surface area (TPSA) is 97.3 Å². The van der Waals surface area contributed by atoms with Crippen molar-refractivity contribution >= 4 is 27.3 Å². The Kier molecular flexibility index (Phi) is 7.16. The van der Waals surface area contributed by atoms with Crippen molar-refractivity contribution in [3.8, 4) is 11.5 Å². The molecule has 0 fully saturated rings. The molecule has 156 valence electrons. The number of nitrogens with zero attached hydrogens (tertiary/aromatic N) is 2. The van der Waals surface area contributed by atoms with Gasteiger partial charge in [0.1, 0.15) is 23.9 Å². The van der Waals surface area contributed by atoms with Crippen LogP contribution in [0.3, 0.4) is 0 Å². The monoisotopic (exact) mass is 423 g/mol. The summed E-state index contributed by atoms with van der Waals surface area (Å²) in [7, 11) is -0.945. The maximum absolute atomic E-state index is 13.0. The number of hydrogen-bond acceptors (Lipinski definition) is 6. The van der Waals surface area contributed by atoms with Crippen molar-refractivity contribution in [2.24, 2.45) is 5.10 Å². The van der Waals surface area contributed by atoms with Gasteiger partial charge in [0.05, 0.1) is 31.9 Å². The van der Waals surface area contributed by atoms with Gasteiger partial charge in [0.25, 0.3) is 5.91 Å². The molecule has 10 heteroatoms. The third-order valence-corrected chi connectivity index (χ3v) is 5.08. The zero-order valence-corrected chi connectivity index (χ0v) is 17.3. The van der Waals surface area contributed by atoms with Gasteiger partial charge >= 0.3 is 0 Å². The number of nitrogens with one attached hydrogen (secondary N) is 1. The van der Waals surface area contributed by atoms with Crippen LogP contribution in [0.4, 0.5) is 10.1 Å². The Morgan fingerprint density at radius 3 is 2.34 bits per heavy atom. The first-order valence-corrected chi connectivity index (χ1v) is 10.3. The zero-order valence-electron chi connectivity index (χ0n) is 16.5. The van der Waals surface area contributed by atoms with E-state index in [4.69, 9.17) is 9.47 Å². The predicted octanol–water partition coefficient (Wildman–Crippen LogP) is 2.15. The van der Waals surface area contributed by atoms with E-state index < -0.39 is 22.5 Å². The maximum Gasteiger partial charge on any atom is 0.260 e. The quantitative estimate of drug-likeness (QED) is 0.518. The lowest BCUT2D eigenvalue weighted by Gasteiger charge is -2.23. The highest BCUT2D eigenvalue weighted by Crippen LogP contribution is 2.33. The number of hydrazone groups is 1. The molecule has 0 heterocycles. The highest BCUT2D eigenvalue weighted by atomic mass is 32.2. The number of amides is 1. The third-order valence-electron chi connectivity index (χ3n) is 3.95. The number of hydrogen-bond donors (Lipinski definition) is 1. The first-order valence-electron chi connectivity index (χ1n) is 8.44. The second kappa shape index (κ2) is 9.37. The molecule has 0 saturated heterocycles. The van der Waals surface area contributed by atoms with Gasteiger partial charge < -0.3 is 9.47 Å². The summed E-state index contributed by atoms with van der Waals surface area (Å²) in [5, 5.41) is 3.94. The molecule has 1 amide bonds. The van der Waals surface area contributed by atoms with E-state index >= 15 is 0 Å². The molecular weight excluding hydrogens is 401 g/mol. The van der Waals surface area contributed by atoms with Gasteiger partial charge in [-0.3, -0.25) is 9.10 Å². The van der Waals surface area contributed by atoms with E-state index in [-0.39, 0.29) is 17.3 Å². The minimum Gasteiger partial charge on any atom is -0.497 e. The molecule has 0 bridgehead atoms. The van der Waals surface area contributed by atoms with Gasteiger partial charge in [-0.05, 0) is 36.8 Å². The summed E-state index contributed by atoms with van der Waals surface area (Å²) in [5.74, 6) is -0.339. The molecule has 0 radical (unpaired) electrons. The minimum absolute atomic E-state index is 0.185. The number of ether oxygens (including phenoxy) is 2. The molecule has 0 aliphatic heterocycles. The Morgan fingerprint density at radius 1 is 1.14 bits per heavy atom. The lowest BCUT2D eigenvalue weighted by molar-refractivity contribution is -0.119. The van der Waals surface area contributed by atoms with Crippen molar-refractivity contribution in [1.29, 1.82) is 0 Å². The molecule has 0 aromatic heterocycles. The first kappa shape index (κ1) is 22.2. The largest absolute Gasteiger partial charge is 0.497 e. The van der Waals surface area contributed by atoms with Gasteiger partial charge in [0.2, 0.25) is 10.0 Å². The van der Waals surface area contributed by atoms with E-state index in [1.54, 1.807) is 13.0 Å². The molecule has 0 aliphatic carbocycles. The standard InChI is InChI=1S/C19H22FN3O5S/c1-13(14-5-7-15(20)8-6-14)21-22-19(24)12-23(29(4,25)26)17-10-9-16(27-2)11-18(17)28-3/h5-11H,12H2,1-4H3,(H,22,24)/b21-13-. The van der Waals surface area contributed by atoms with Crippen molar-refractivity contribution in [1.82, 2.24) is 5.43 Å². The van der Waals surface area contributed by atoms with Crippen LogP contribution in [-0.2, 0) is 14.8 Å². The highest BCUT2D eigenvalue weighted by Gasteiger charge is 2.24. The van der Waals surface area contributed by atoms with Gasteiger partial charge in [-0.15, -0.1) is 0 Å². The average Bonchev–Trinajstić information content (AvgIpc) is 2.69. The van der Waals surface area contributed by atoms with Crippen molar-refractivity contribution in [2.75, 3.05) is 31.3 Å². The van der Waals surface area contributed by atoms with Crippen LogP contribution >= 0.6 is 0 Å². The second-order valence-electron chi connectivity index (χ2n) is 6.05. The van der Waals surface area contributed by atoms with Crippen LogP contribution in [-0.4, -0.2) is 47.1 Å². The number of methoxy groups -OCH3 is 2. The number of carbonyl (C=O) groups is 1. The lowest BCUT2D eigenvalue weighted by Crippen LogP contribution is -2.39. The minimum atomic E-state index is -3.80. The number of anilines is 1. The molecule has 2 aromatic carbocycles. The molecule has 2 aromatic rings. The van der Waals surface area contributed by atoms with Crippen LogP contribution in [0.25, 0.3) is 0 Å². The van der Waals surface area contributed by atoms with Gasteiger partial charge in [-0.1, -0.05) is 12.1 Å². The van der Waals surface area contributed by atoms with Crippen LogP contribution in [0.5, 0.6) is 11.5 Å². The summed E-state index contributed by atoms with van der Waals surface area (Å²) in [5.41, 5.74) is 3.55. The smallest absolute Gasteiger partial charge is 0.260 e. The summed E-state index contributed by atoms with van der Waals surface area (Å²) in [6.07, 6.45) is 0.983. The fourth-order valence-electron chi connectivity index (χ4n) is 2.44. The van der Waals surface area contributed by atoms with Gasteiger partial charge in [0.15, 0.2) is 0 Å². The molecule has 0 aliphatic rings. The number of halogens is 1. The Bertz CT molecular complexity index is 1010. The van der Waals surface area contributed by atoms with Gasteiger partial charge in [0, 0.05) is 6.07 Å². The SMILES string of the molecule is COc1ccc(N(CC(=O)N/N=C(/C)c2ccc(F)cc2)S(C)(=O)=O)c(OC)c1. The molecule has 0 atom stereocenters. The summed E-state index contributed by atoms with van der Waals surface area (Å²) >= 11 is 0. The fourth-order valence-corrected chi connectivity index (χ4v) is 3.30. The van der Waals surface area contributed by atoms with Crippen LogP contribution in [0.2, 0.25) is 0 Å². The first-order chi connectivity index (χ1) is 13.7. The van der Waals surface area contributed by atoms with E-state index in [9.17, 15) is 17.6 Å². The molecule has 8 nitrogen and oxygen atoms in total. The molecule has 0 saturated carbocycles. The molecule has 0 spiro atoms. The highest BCUT2D eigenvalue weighted by molar-refractivity contribution is 7.92. The summed E-state index contributed by atoms with van der Waals surface area (Å²) in [6.45, 7) is 1.12. The summed E-state index contributed by atoms with van der Waals surface area (Å²) < 4.78 is 48.8. The van der Waals surface area contributed by atoms with E-state index in [0.717, 1.165) is 10.6 Å². The van der Waals surface area contributed by atoms with Crippen LogP contribution in [0.15, 0.2) is 47.6 Å². The van der Waals surface area contributed by atoms with E-state index in [0.29, 0.717) is 17.0 Å². The van der Waals surface area contributed by atoms with Crippen LogP contribution in [0.1, 0.15) is 12.5 Å². The lowest BCUT2D eigenvalue weighted by atomic mass is 10.1. The van der Waals surface area contributed by atoms with Crippen LogP contribution < -0.4 is 19.2 Å². The number of rotatable bonds is 8. The van der Waals surface area contributed by atoms with Gasteiger partial charge in [-0.25, -0.2) is 18.2 Å². The zero-order chi connectivity index (χ0) is 21.6. The Balaban J connectivity index is 2.22. The van der Waals surface area contributed by atoms with E-state index in [1.165, 1.54) is 50.6 Å². The normalized spacial score (nSPS) is 11.7. The van der Waals surface area contributed by atoms with Crippen LogP contribution in [0, 0.1) is 5.82 Å². The molecule has 1 N–H and O–H groups in total. The predicted molar refractivity (Wildman–Crippen MR) is 108 cm³/mol. The Morgan fingerprint density at radius 2 is 1.79 bits per heavy atom. The number of sulfonamides is 1. The fraction of sp³-hybridized carbons (Fsp3) is 0.263. The summed E-state index contributed by atoms with van der Waals surface area (Å²) in [6, 6.07) is 10.2. The average molecular weight is 423 g/mol. The third kappa shape index (κ3) is 5.92.